The van der Waals surface area contributed by atoms with Gasteiger partial charge < -0.3 is 9.63 Å². The lowest BCUT2D eigenvalue weighted by atomic mass is 10.0. The second-order valence-electron chi connectivity index (χ2n) is 4.57. The van der Waals surface area contributed by atoms with E-state index in [2.05, 4.69) is 9.68 Å². The highest BCUT2D eigenvalue weighted by molar-refractivity contribution is 5.86. The van der Waals surface area contributed by atoms with E-state index in [9.17, 15) is 13.6 Å². The van der Waals surface area contributed by atoms with E-state index in [1.807, 2.05) is 0 Å². The SMILES string of the molecule is O=C(O)c1cc(-c2cc(F)c(F)c(-c3ccccc3)c2)no1. The van der Waals surface area contributed by atoms with Crippen LogP contribution in [-0.4, -0.2) is 16.2 Å². The molecular weight excluding hydrogens is 292 g/mol. The number of carboxylic acid groups (broad SMARTS) is 1. The predicted molar refractivity (Wildman–Crippen MR) is 74.3 cm³/mol. The van der Waals surface area contributed by atoms with Crippen LogP contribution in [0.3, 0.4) is 0 Å². The number of hydrogen-bond acceptors (Lipinski definition) is 3. The van der Waals surface area contributed by atoms with Gasteiger partial charge in [-0.05, 0) is 17.7 Å². The summed E-state index contributed by atoms with van der Waals surface area (Å²) in [6, 6.07) is 12.0. The molecule has 1 aromatic heterocycles. The number of aromatic carboxylic acids is 1. The molecule has 1 N–H and O–H groups in total. The molecule has 0 aliphatic heterocycles. The molecule has 0 bridgehead atoms. The first-order valence-corrected chi connectivity index (χ1v) is 6.31. The van der Waals surface area contributed by atoms with E-state index in [4.69, 9.17) is 5.11 Å². The van der Waals surface area contributed by atoms with E-state index in [0.717, 1.165) is 12.1 Å². The molecule has 3 rings (SSSR count). The van der Waals surface area contributed by atoms with Crippen LogP contribution in [0.4, 0.5) is 8.78 Å². The van der Waals surface area contributed by atoms with E-state index >= 15 is 0 Å². The monoisotopic (exact) mass is 301 g/mol. The Balaban J connectivity index is 2.13. The van der Waals surface area contributed by atoms with E-state index in [0.29, 0.717) is 5.56 Å². The fraction of sp³-hybridized carbons (Fsp3) is 0. The van der Waals surface area contributed by atoms with Crippen LogP contribution in [0.15, 0.2) is 53.1 Å². The highest BCUT2D eigenvalue weighted by Crippen LogP contribution is 2.30. The van der Waals surface area contributed by atoms with Gasteiger partial charge in [0.2, 0.25) is 5.76 Å². The molecule has 22 heavy (non-hydrogen) atoms. The van der Waals surface area contributed by atoms with Crippen molar-refractivity contribution in [3.63, 3.8) is 0 Å². The van der Waals surface area contributed by atoms with Crippen molar-refractivity contribution >= 4 is 5.97 Å². The first-order chi connectivity index (χ1) is 10.6. The van der Waals surface area contributed by atoms with Gasteiger partial charge >= 0.3 is 5.97 Å². The largest absolute Gasteiger partial charge is 0.475 e. The van der Waals surface area contributed by atoms with Crippen LogP contribution in [0.1, 0.15) is 10.6 Å². The third-order valence-electron chi connectivity index (χ3n) is 3.13. The smallest absolute Gasteiger partial charge is 0.374 e. The molecule has 0 aliphatic carbocycles. The van der Waals surface area contributed by atoms with Crippen LogP contribution in [-0.2, 0) is 0 Å². The average Bonchev–Trinajstić information content (AvgIpc) is 3.01. The summed E-state index contributed by atoms with van der Waals surface area (Å²) in [7, 11) is 0. The molecule has 6 heteroatoms. The predicted octanol–water partition coefficient (Wildman–Crippen LogP) is 3.99. The van der Waals surface area contributed by atoms with Crippen molar-refractivity contribution in [3.8, 4) is 22.4 Å². The summed E-state index contributed by atoms with van der Waals surface area (Å²) in [6.07, 6.45) is 0. The lowest BCUT2D eigenvalue weighted by Crippen LogP contribution is -1.93. The Bertz CT molecular complexity index is 844. The summed E-state index contributed by atoms with van der Waals surface area (Å²) >= 11 is 0. The molecule has 0 amide bonds. The molecule has 2 aromatic carbocycles. The summed E-state index contributed by atoms with van der Waals surface area (Å²) in [5.41, 5.74) is 0.917. The number of aromatic nitrogens is 1. The molecule has 4 nitrogen and oxygen atoms in total. The minimum Gasteiger partial charge on any atom is -0.475 e. The van der Waals surface area contributed by atoms with Crippen molar-refractivity contribution in [2.75, 3.05) is 0 Å². The first kappa shape index (κ1) is 13.9. The second-order valence-corrected chi connectivity index (χ2v) is 4.57. The van der Waals surface area contributed by atoms with Gasteiger partial charge in [-0.25, -0.2) is 13.6 Å². The molecule has 0 fully saturated rings. The van der Waals surface area contributed by atoms with E-state index in [1.165, 1.54) is 6.07 Å². The maximum absolute atomic E-state index is 14.0. The van der Waals surface area contributed by atoms with Gasteiger partial charge in [-0.2, -0.15) is 0 Å². The van der Waals surface area contributed by atoms with Crippen molar-refractivity contribution in [1.29, 1.82) is 0 Å². The van der Waals surface area contributed by atoms with Gasteiger partial charge in [0, 0.05) is 17.2 Å². The molecule has 0 spiro atoms. The van der Waals surface area contributed by atoms with Crippen molar-refractivity contribution in [2.45, 2.75) is 0 Å². The maximum Gasteiger partial charge on any atom is 0.374 e. The minimum atomic E-state index is -1.29. The number of halogens is 2. The minimum absolute atomic E-state index is 0.0653. The zero-order chi connectivity index (χ0) is 15.7. The van der Waals surface area contributed by atoms with Crippen molar-refractivity contribution in [2.24, 2.45) is 0 Å². The zero-order valence-electron chi connectivity index (χ0n) is 11.1. The molecular formula is C16H9F2NO3. The van der Waals surface area contributed by atoms with Crippen molar-refractivity contribution in [3.05, 3.63) is 65.9 Å². The lowest BCUT2D eigenvalue weighted by Gasteiger charge is -2.06. The fourth-order valence-corrected chi connectivity index (χ4v) is 2.08. The molecule has 0 unspecified atom stereocenters. The number of benzene rings is 2. The zero-order valence-corrected chi connectivity index (χ0v) is 11.1. The quantitative estimate of drug-likeness (QED) is 0.794. The van der Waals surface area contributed by atoms with Gasteiger partial charge in [-0.3, -0.25) is 0 Å². The normalized spacial score (nSPS) is 10.6. The Hall–Kier alpha value is -3.02. The van der Waals surface area contributed by atoms with E-state index in [-0.39, 0.29) is 22.6 Å². The van der Waals surface area contributed by atoms with E-state index in [1.54, 1.807) is 30.3 Å². The van der Waals surface area contributed by atoms with E-state index < -0.39 is 17.6 Å². The van der Waals surface area contributed by atoms with Crippen LogP contribution in [0.25, 0.3) is 22.4 Å². The van der Waals surface area contributed by atoms with Gasteiger partial charge in [-0.15, -0.1) is 0 Å². The third-order valence-corrected chi connectivity index (χ3v) is 3.13. The standard InChI is InChI=1S/C16H9F2NO3/c17-12-7-10(13-8-14(16(20)21)22-19-13)6-11(15(12)18)9-4-2-1-3-5-9/h1-8H,(H,20,21). The number of hydrogen-bond donors (Lipinski definition) is 1. The van der Waals surface area contributed by atoms with Crippen molar-refractivity contribution in [1.82, 2.24) is 5.16 Å². The van der Waals surface area contributed by atoms with Crippen LogP contribution >= 0.6 is 0 Å². The number of rotatable bonds is 3. The van der Waals surface area contributed by atoms with Gasteiger partial charge in [0.05, 0.1) is 0 Å². The molecule has 0 aliphatic rings. The highest BCUT2D eigenvalue weighted by atomic mass is 19.2. The molecule has 0 saturated carbocycles. The van der Waals surface area contributed by atoms with Gasteiger partial charge in [-0.1, -0.05) is 35.5 Å². The molecule has 0 saturated heterocycles. The Labute approximate surface area is 123 Å². The number of nitrogens with zero attached hydrogens (tertiary/aromatic N) is 1. The van der Waals surface area contributed by atoms with Crippen molar-refractivity contribution < 1.29 is 23.2 Å². The summed E-state index contributed by atoms with van der Waals surface area (Å²) in [4.78, 5) is 10.8. The van der Waals surface area contributed by atoms with Gasteiger partial charge in [0.25, 0.3) is 0 Å². The lowest BCUT2D eigenvalue weighted by molar-refractivity contribution is 0.0652. The molecule has 0 radical (unpaired) electrons. The Morgan fingerprint density at radius 3 is 2.41 bits per heavy atom. The average molecular weight is 301 g/mol. The maximum atomic E-state index is 14.0. The third kappa shape index (κ3) is 2.46. The van der Waals surface area contributed by atoms with Crippen LogP contribution in [0.2, 0.25) is 0 Å². The van der Waals surface area contributed by atoms with Gasteiger partial charge in [0.1, 0.15) is 5.69 Å². The number of carbonyl (C=O) groups is 1. The van der Waals surface area contributed by atoms with Crippen LogP contribution < -0.4 is 0 Å². The molecule has 110 valence electrons. The Kier molecular flexibility index (Phi) is 3.42. The topological polar surface area (TPSA) is 63.3 Å². The summed E-state index contributed by atoms with van der Waals surface area (Å²) in [5, 5.41) is 12.4. The van der Waals surface area contributed by atoms with Gasteiger partial charge in [0.15, 0.2) is 11.6 Å². The molecule has 1 heterocycles. The number of carboxylic acids is 1. The Morgan fingerprint density at radius 1 is 1.05 bits per heavy atom. The fourth-order valence-electron chi connectivity index (χ4n) is 2.08. The second kappa shape index (κ2) is 5.40. The van der Waals surface area contributed by atoms with Crippen LogP contribution in [0, 0.1) is 11.6 Å². The Morgan fingerprint density at radius 2 is 1.77 bits per heavy atom. The molecule has 3 aromatic rings. The highest BCUT2D eigenvalue weighted by Gasteiger charge is 2.17. The molecule has 0 atom stereocenters. The summed E-state index contributed by atoms with van der Waals surface area (Å²) in [5.74, 6) is -3.68. The van der Waals surface area contributed by atoms with Crippen LogP contribution in [0.5, 0.6) is 0 Å². The summed E-state index contributed by atoms with van der Waals surface area (Å²) < 4.78 is 32.5. The first-order valence-electron chi connectivity index (χ1n) is 6.31. The summed E-state index contributed by atoms with van der Waals surface area (Å²) in [6.45, 7) is 0.